The van der Waals surface area contributed by atoms with Crippen LogP contribution in [-0.2, 0) is 4.74 Å². The zero-order chi connectivity index (χ0) is 9.23. The van der Waals surface area contributed by atoms with Gasteiger partial charge in [-0.2, -0.15) is 5.26 Å². The first kappa shape index (κ1) is 11.3. The van der Waals surface area contributed by atoms with Crippen molar-refractivity contribution in [2.75, 3.05) is 6.61 Å². The van der Waals surface area contributed by atoms with Crippen molar-refractivity contribution in [2.24, 2.45) is 5.92 Å². The van der Waals surface area contributed by atoms with Crippen LogP contribution in [0.15, 0.2) is 0 Å². The summed E-state index contributed by atoms with van der Waals surface area (Å²) >= 11 is 0. The Balaban J connectivity index is 2.87. The third-order valence-electron chi connectivity index (χ3n) is 1.84. The van der Waals surface area contributed by atoms with Crippen LogP contribution in [0.25, 0.3) is 0 Å². The first-order valence-corrected chi connectivity index (χ1v) is 4.78. The van der Waals surface area contributed by atoms with Crippen LogP contribution in [0, 0.1) is 17.4 Å². The van der Waals surface area contributed by atoms with Crippen molar-refractivity contribution in [3.63, 3.8) is 0 Å². The molecular weight excluding hydrogens is 150 g/mol. The lowest BCUT2D eigenvalue weighted by molar-refractivity contribution is 0.260. The lowest BCUT2D eigenvalue weighted by atomic mass is 10.0. The van der Waals surface area contributed by atoms with Gasteiger partial charge >= 0.3 is 0 Å². The van der Waals surface area contributed by atoms with Crippen LogP contribution in [0.1, 0.15) is 46.0 Å². The Morgan fingerprint density at radius 3 is 2.42 bits per heavy atom. The quantitative estimate of drug-likeness (QED) is 0.433. The van der Waals surface area contributed by atoms with Crippen LogP contribution < -0.4 is 0 Å². The van der Waals surface area contributed by atoms with Crippen LogP contribution in [0.3, 0.4) is 0 Å². The maximum Gasteiger partial charge on any atom is 0.286 e. The summed E-state index contributed by atoms with van der Waals surface area (Å²) in [6.45, 7) is 5.09. The van der Waals surface area contributed by atoms with Gasteiger partial charge in [0.25, 0.3) is 6.26 Å². The average molecular weight is 169 g/mol. The Bertz CT molecular complexity index is 126. The van der Waals surface area contributed by atoms with E-state index in [4.69, 9.17) is 5.26 Å². The fourth-order valence-electron chi connectivity index (χ4n) is 1.13. The maximum absolute atomic E-state index is 8.07. The van der Waals surface area contributed by atoms with Crippen LogP contribution >= 0.6 is 0 Å². The van der Waals surface area contributed by atoms with Crippen molar-refractivity contribution in [1.29, 1.82) is 5.26 Å². The summed E-state index contributed by atoms with van der Waals surface area (Å²) in [6.07, 6.45) is 7.78. The summed E-state index contributed by atoms with van der Waals surface area (Å²) in [5, 5.41) is 8.07. The number of nitriles is 1. The van der Waals surface area contributed by atoms with Crippen molar-refractivity contribution < 1.29 is 4.74 Å². The first-order chi connectivity index (χ1) is 5.77. The van der Waals surface area contributed by atoms with Gasteiger partial charge in [0.2, 0.25) is 0 Å². The molecule has 0 saturated carbocycles. The van der Waals surface area contributed by atoms with Crippen LogP contribution in [0.2, 0.25) is 0 Å². The Morgan fingerprint density at radius 1 is 1.17 bits per heavy atom. The van der Waals surface area contributed by atoms with Gasteiger partial charge in [0, 0.05) is 0 Å². The van der Waals surface area contributed by atoms with Gasteiger partial charge in [0.1, 0.15) is 6.61 Å². The largest absolute Gasteiger partial charge is 0.428 e. The smallest absolute Gasteiger partial charge is 0.286 e. The molecule has 0 spiro atoms. The standard InChI is InChI=1S/C10H19NO/c1-10(2)7-5-3-4-6-8-12-9-11/h10H,3-8H2,1-2H3. The highest BCUT2D eigenvalue weighted by molar-refractivity contribution is 4.50. The molecule has 0 aromatic carbocycles. The molecule has 0 aliphatic rings. The lowest BCUT2D eigenvalue weighted by Crippen LogP contribution is -1.90. The molecule has 0 aliphatic carbocycles. The molecule has 0 aromatic heterocycles. The summed E-state index contributed by atoms with van der Waals surface area (Å²) in [5.41, 5.74) is 0. The Kier molecular flexibility index (Phi) is 7.89. The van der Waals surface area contributed by atoms with Gasteiger partial charge in [-0.25, -0.2) is 0 Å². The molecule has 0 heterocycles. The Labute approximate surface area is 75.5 Å². The number of hydrogen-bond acceptors (Lipinski definition) is 2. The van der Waals surface area contributed by atoms with Crippen LogP contribution in [0.5, 0.6) is 0 Å². The molecule has 0 saturated heterocycles. The van der Waals surface area contributed by atoms with Gasteiger partial charge in [0.05, 0.1) is 0 Å². The molecule has 0 rings (SSSR count). The molecule has 0 fully saturated rings. The van der Waals surface area contributed by atoms with Gasteiger partial charge in [-0.15, -0.1) is 0 Å². The number of hydrogen-bond donors (Lipinski definition) is 0. The van der Waals surface area contributed by atoms with Gasteiger partial charge in [0.15, 0.2) is 0 Å². The van der Waals surface area contributed by atoms with Gasteiger partial charge in [-0.3, -0.25) is 0 Å². The second kappa shape index (κ2) is 8.39. The zero-order valence-corrected chi connectivity index (χ0v) is 8.18. The number of unbranched alkanes of at least 4 members (excludes halogenated alkanes) is 3. The molecular formula is C10H19NO. The summed E-state index contributed by atoms with van der Waals surface area (Å²) < 4.78 is 4.57. The SMILES string of the molecule is CC(C)CCCCCCOC#N. The molecule has 0 amide bonds. The van der Waals surface area contributed by atoms with E-state index in [1.165, 1.54) is 25.7 Å². The van der Waals surface area contributed by atoms with Gasteiger partial charge < -0.3 is 4.74 Å². The van der Waals surface area contributed by atoms with Crippen molar-refractivity contribution in [2.45, 2.75) is 46.0 Å². The monoisotopic (exact) mass is 169 g/mol. The van der Waals surface area contributed by atoms with E-state index in [1.54, 1.807) is 6.26 Å². The van der Waals surface area contributed by atoms with E-state index in [9.17, 15) is 0 Å². The van der Waals surface area contributed by atoms with E-state index in [0.29, 0.717) is 6.61 Å². The fourth-order valence-corrected chi connectivity index (χ4v) is 1.13. The minimum atomic E-state index is 0.595. The molecule has 0 unspecified atom stereocenters. The molecule has 0 N–H and O–H groups in total. The van der Waals surface area contributed by atoms with Crippen molar-refractivity contribution in [3.05, 3.63) is 0 Å². The fraction of sp³-hybridized carbons (Fsp3) is 0.900. The molecule has 2 heteroatoms. The number of rotatable bonds is 7. The predicted octanol–water partition coefficient (Wildman–Crippen LogP) is 3.09. The number of nitrogens with zero attached hydrogens (tertiary/aromatic N) is 1. The van der Waals surface area contributed by atoms with Gasteiger partial charge in [-0.05, 0) is 12.3 Å². The van der Waals surface area contributed by atoms with E-state index in [-0.39, 0.29) is 0 Å². The summed E-state index contributed by atoms with van der Waals surface area (Å²) in [5.74, 6) is 0.820. The minimum absolute atomic E-state index is 0.595. The van der Waals surface area contributed by atoms with E-state index in [1.807, 2.05) is 0 Å². The topological polar surface area (TPSA) is 33.0 Å². The molecule has 12 heavy (non-hydrogen) atoms. The number of ether oxygens (including phenoxy) is 1. The summed E-state index contributed by atoms with van der Waals surface area (Å²) in [7, 11) is 0. The van der Waals surface area contributed by atoms with Crippen LogP contribution in [-0.4, -0.2) is 6.61 Å². The minimum Gasteiger partial charge on any atom is -0.428 e. The summed E-state index contributed by atoms with van der Waals surface area (Å²) in [6, 6.07) is 0. The molecule has 0 radical (unpaired) electrons. The van der Waals surface area contributed by atoms with Gasteiger partial charge in [-0.1, -0.05) is 39.5 Å². The highest BCUT2D eigenvalue weighted by Gasteiger charge is 1.94. The lowest BCUT2D eigenvalue weighted by Gasteiger charge is -2.03. The van der Waals surface area contributed by atoms with E-state index < -0.39 is 0 Å². The first-order valence-electron chi connectivity index (χ1n) is 4.78. The Morgan fingerprint density at radius 2 is 1.83 bits per heavy atom. The molecule has 0 atom stereocenters. The van der Waals surface area contributed by atoms with E-state index >= 15 is 0 Å². The third-order valence-corrected chi connectivity index (χ3v) is 1.84. The molecule has 0 bridgehead atoms. The third kappa shape index (κ3) is 9.29. The normalized spacial score (nSPS) is 9.83. The van der Waals surface area contributed by atoms with Crippen LogP contribution in [0.4, 0.5) is 0 Å². The molecule has 0 aromatic rings. The second-order valence-electron chi connectivity index (χ2n) is 3.54. The van der Waals surface area contributed by atoms with E-state index in [2.05, 4.69) is 18.6 Å². The Hall–Kier alpha value is -0.710. The van der Waals surface area contributed by atoms with E-state index in [0.717, 1.165) is 12.3 Å². The zero-order valence-electron chi connectivity index (χ0n) is 8.18. The average Bonchev–Trinajstić information content (AvgIpc) is 2.02. The predicted molar refractivity (Wildman–Crippen MR) is 49.5 cm³/mol. The highest BCUT2D eigenvalue weighted by atomic mass is 16.5. The summed E-state index contributed by atoms with van der Waals surface area (Å²) in [4.78, 5) is 0. The van der Waals surface area contributed by atoms with Crippen molar-refractivity contribution >= 4 is 0 Å². The molecule has 70 valence electrons. The second-order valence-corrected chi connectivity index (χ2v) is 3.54. The van der Waals surface area contributed by atoms with Crippen molar-refractivity contribution in [3.8, 4) is 6.26 Å². The highest BCUT2D eigenvalue weighted by Crippen LogP contribution is 2.09. The van der Waals surface area contributed by atoms with Crippen molar-refractivity contribution in [1.82, 2.24) is 0 Å². The molecule has 0 aliphatic heterocycles. The molecule has 2 nitrogen and oxygen atoms in total. The maximum atomic E-state index is 8.07.